The Balaban J connectivity index is 1.57. The number of anilines is 1. The van der Waals surface area contributed by atoms with Gasteiger partial charge in [0.05, 0.1) is 12.9 Å². The van der Waals surface area contributed by atoms with Crippen LogP contribution in [-0.2, 0) is 22.7 Å². The van der Waals surface area contributed by atoms with Crippen LogP contribution in [0.15, 0.2) is 36.7 Å². The van der Waals surface area contributed by atoms with E-state index >= 15 is 0 Å². The average Bonchev–Trinajstić information content (AvgIpc) is 3.31. The van der Waals surface area contributed by atoms with Gasteiger partial charge in [0.2, 0.25) is 5.82 Å². The zero-order valence-electron chi connectivity index (χ0n) is 17.5. The quantitative estimate of drug-likeness (QED) is 0.178. The molecule has 3 heterocycles. The molecule has 1 fully saturated rings. The minimum Gasteiger partial charge on any atom is -0.387 e. The van der Waals surface area contributed by atoms with Crippen LogP contribution in [0.4, 0.5) is 5.82 Å². The first kappa shape index (κ1) is 25.4. The summed E-state index contributed by atoms with van der Waals surface area (Å²) >= 11 is 0. The molecule has 0 saturated carbocycles. The van der Waals surface area contributed by atoms with E-state index in [4.69, 9.17) is 20.3 Å². The van der Waals surface area contributed by atoms with Crippen LogP contribution >= 0.6 is 15.6 Å². The maximum atomic E-state index is 11.7. The van der Waals surface area contributed by atoms with E-state index in [1.165, 1.54) is 10.9 Å². The standard InChI is InChI=1S/C18H19N5O10P2/c19-16-13-17(22-12(21-16)7-6-10-4-2-1-3-5-10)23(9-20-13)18-15(25)14(24)11(32-18)8-31-35(29,30)33-34(26,27)28/h1-5,9,11,14-15,18,24-25H,8H2,(H,29,30)(H2,19,21,22)(H2,26,27,28)/t11-,14-,15-,18-/m1/s1. The van der Waals surface area contributed by atoms with Crippen LogP contribution in [-0.4, -0.2) is 69.3 Å². The number of aliphatic hydroxyl groups excluding tert-OH is 2. The molecule has 1 unspecified atom stereocenters. The van der Waals surface area contributed by atoms with Crippen molar-refractivity contribution in [1.29, 1.82) is 0 Å². The number of nitrogens with zero attached hydrogens (tertiary/aromatic N) is 4. The van der Waals surface area contributed by atoms with Gasteiger partial charge in [-0.25, -0.2) is 24.1 Å². The number of ether oxygens (including phenoxy) is 1. The second-order valence-electron chi connectivity index (χ2n) is 7.26. The topological polar surface area (TPSA) is 233 Å². The van der Waals surface area contributed by atoms with Crippen LogP contribution in [0.1, 0.15) is 17.6 Å². The summed E-state index contributed by atoms with van der Waals surface area (Å²) in [4.78, 5) is 39.3. The molecule has 15 nitrogen and oxygen atoms in total. The first-order chi connectivity index (χ1) is 16.4. The molecule has 35 heavy (non-hydrogen) atoms. The molecule has 1 saturated heterocycles. The van der Waals surface area contributed by atoms with Crippen LogP contribution in [0.2, 0.25) is 0 Å². The fourth-order valence-electron chi connectivity index (χ4n) is 3.25. The number of rotatable bonds is 6. The number of nitrogens with two attached hydrogens (primary N) is 1. The Morgan fingerprint density at radius 1 is 1.09 bits per heavy atom. The summed E-state index contributed by atoms with van der Waals surface area (Å²) in [5.41, 5.74) is 6.99. The fourth-order valence-corrected chi connectivity index (χ4v) is 4.85. The number of hydrogen-bond acceptors (Lipinski definition) is 11. The summed E-state index contributed by atoms with van der Waals surface area (Å²) in [5.74, 6) is 5.74. The van der Waals surface area contributed by atoms with E-state index in [2.05, 4.69) is 35.6 Å². The first-order valence-corrected chi connectivity index (χ1v) is 12.8. The Bertz CT molecular complexity index is 1380. The lowest BCUT2D eigenvalue weighted by Crippen LogP contribution is -2.33. The molecule has 4 rings (SSSR count). The number of imidazole rings is 1. The summed E-state index contributed by atoms with van der Waals surface area (Å²) in [6.45, 7) is -0.847. The Morgan fingerprint density at radius 2 is 1.80 bits per heavy atom. The highest BCUT2D eigenvalue weighted by Gasteiger charge is 2.46. The zero-order chi connectivity index (χ0) is 25.4. The Hall–Kier alpha value is -2.73. The number of hydrogen-bond donors (Lipinski definition) is 6. The number of phosphoric ester groups is 1. The SMILES string of the molecule is Nc1nc(C#Cc2ccccc2)nc2c1ncn2[C@@H]1O[C@H](COP(=O)(O)OP(=O)(O)O)[C@@H](O)[C@H]1O. The lowest BCUT2D eigenvalue weighted by Gasteiger charge is -2.17. The van der Waals surface area contributed by atoms with Crippen molar-refractivity contribution in [1.82, 2.24) is 19.5 Å². The van der Waals surface area contributed by atoms with Crippen LogP contribution < -0.4 is 5.73 Å². The van der Waals surface area contributed by atoms with E-state index < -0.39 is 46.8 Å². The van der Waals surface area contributed by atoms with Gasteiger partial charge in [-0.1, -0.05) is 24.1 Å². The van der Waals surface area contributed by atoms with Gasteiger partial charge in [-0.15, -0.1) is 0 Å². The van der Waals surface area contributed by atoms with Crippen LogP contribution in [0.3, 0.4) is 0 Å². The van der Waals surface area contributed by atoms with Crippen molar-refractivity contribution in [3.8, 4) is 11.8 Å². The minimum atomic E-state index is -5.33. The Kier molecular flexibility index (Phi) is 7.05. The second kappa shape index (κ2) is 9.73. The van der Waals surface area contributed by atoms with Gasteiger partial charge < -0.3 is 35.4 Å². The monoisotopic (exact) mass is 527 g/mol. The molecule has 0 radical (unpaired) electrons. The molecule has 1 aliphatic rings. The second-order valence-corrected chi connectivity index (χ2v) is 10.1. The molecule has 3 aromatic rings. The molecule has 2 aromatic heterocycles. The lowest BCUT2D eigenvalue weighted by atomic mass is 10.1. The van der Waals surface area contributed by atoms with Crippen molar-refractivity contribution in [3.63, 3.8) is 0 Å². The third-order valence-corrected chi connectivity index (χ3v) is 6.92. The van der Waals surface area contributed by atoms with Crippen LogP contribution in [0.25, 0.3) is 11.2 Å². The van der Waals surface area contributed by atoms with Gasteiger partial charge in [0.1, 0.15) is 23.8 Å². The first-order valence-electron chi connectivity index (χ1n) is 9.76. The summed E-state index contributed by atoms with van der Waals surface area (Å²) < 4.78 is 37.4. The lowest BCUT2D eigenvalue weighted by molar-refractivity contribution is -0.0503. The van der Waals surface area contributed by atoms with Gasteiger partial charge in [-0.3, -0.25) is 9.09 Å². The van der Waals surface area contributed by atoms with Crippen LogP contribution in [0, 0.1) is 11.8 Å². The van der Waals surface area contributed by atoms with E-state index in [-0.39, 0.29) is 22.8 Å². The number of phosphoric acid groups is 2. The minimum absolute atomic E-state index is 0.00911. The van der Waals surface area contributed by atoms with E-state index in [9.17, 15) is 24.2 Å². The predicted molar refractivity (Wildman–Crippen MR) is 117 cm³/mol. The molecule has 5 atom stereocenters. The third-order valence-electron chi connectivity index (χ3n) is 4.76. The van der Waals surface area contributed by atoms with Crippen molar-refractivity contribution < 1.29 is 47.6 Å². The van der Waals surface area contributed by atoms with E-state index in [0.717, 1.165) is 0 Å². The molecule has 0 amide bonds. The molecule has 1 aliphatic heterocycles. The molecule has 1 aromatic carbocycles. The molecule has 0 spiro atoms. The van der Waals surface area contributed by atoms with Gasteiger partial charge >= 0.3 is 15.6 Å². The number of benzene rings is 1. The third kappa shape index (κ3) is 5.92. The summed E-state index contributed by atoms with van der Waals surface area (Å²) in [6, 6.07) is 9.06. The predicted octanol–water partition coefficient (Wildman–Crippen LogP) is -0.346. The maximum Gasteiger partial charge on any atom is 0.481 e. The smallest absolute Gasteiger partial charge is 0.387 e. The Morgan fingerprint density at radius 3 is 2.49 bits per heavy atom. The van der Waals surface area contributed by atoms with Crippen molar-refractivity contribution in [2.45, 2.75) is 24.5 Å². The van der Waals surface area contributed by atoms with E-state index in [0.29, 0.717) is 5.56 Å². The van der Waals surface area contributed by atoms with Crippen molar-refractivity contribution in [2.75, 3.05) is 12.3 Å². The molecular weight excluding hydrogens is 508 g/mol. The van der Waals surface area contributed by atoms with Gasteiger partial charge in [0.25, 0.3) is 0 Å². The van der Waals surface area contributed by atoms with Crippen molar-refractivity contribution in [2.24, 2.45) is 0 Å². The number of fused-ring (bicyclic) bond motifs is 1. The van der Waals surface area contributed by atoms with E-state index in [1.54, 1.807) is 12.1 Å². The number of aliphatic hydroxyl groups is 2. The molecular formula is C18H19N5O10P2. The summed E-state index contributed by atoms with van der Waals surface area (Å²) in [7, 11) is -10.5. The van der Waals surface area contributed by atoms with Crippen LogP contribution in [0.5, 0.6) is 0 Å². The summed E-state index contributed by atoms with van der Waals surface area (Å²) in [6.07, 6.45) is -4.62. The molecule has 17 heteroatoms. The van der Waals surface area contributed by atoms with Crippen molar-refractivity contribution >= 4 is 32.6 Å². The summed E-state index contributed by atoms with van der Waals surface area (Å²) in [5, 5.41) is 20.8. The average molecular weight is 527 g/mol. The molecule has 186 valence electrons. The molecule has 0 bridgehead atoms. The van der Waals surface area contributed by atoms with Gasteiger partial charge in [-0.2, -0.15) is 4.31 Å². The highest BCUT2D eigenvalue weighted by Crippen LogP contribution is 2.57. The number of nitrogen functional groups attached to an aromatic ring is 1. The fraction of sp³-hybridized carbons (Fsp3) is 0.278. The highest BCUT2D eigenvalue weighted by atomic mass is 31.3. The Labute approximate surface area is 197 Å². The maximum absolute atomic E-state index is 11.7. The van der Waals surface area contributed by atoms with Crippen molar-refractivity contribution in [3.05, 3.63) is 48.0 Å². The molecule has 0 aliphatic carbocycles. The van der Waals surface area contributed by atoms with E-state index in [1.807, 2.05) is 18.2 Å². The molecule has 7 N–H and O–H groups in total. The highest BCUT2D eigenvalue weighted by molar-refractivity contribution is 7.60. The van der Waals surface area contributed by atoms with Gasteiger partial charge in [-0.05, 0) is 18.1 Å². The van der Waals surface area contributed by atoms with Gasteiger partial charge in [0, 0.05) is 5.56 Å². The van der Waals surface area contributed by atoms with Gasteiger partial charge in [0.15, 0.2) is 17.7 Å². The largest absolute Gasteiger partial charge is 0.481 e. The zero-order valence-corrected chi connectivity index (χ0v) is 19.3. The number of aromatic nitrogens is 4. The normalized spacial score (nSPS) is 24.1.